The van der Waals surface area contributed by atoms with Crippen molar-refractivity contribution >= 4 is 23.1 Å². The van der Waals surface area contributed by atoms with Gasteiger partial charge in [0, 0.05) is 11.3 Å². The molecular formula is C33H37NO4. The van der Waals surface area contributed by atoms with Gasteiger partial charge in [0.05, 0.1) is 18.7 Å². The Kier molecular flexibility index (Phi) is 8.35. The minimum atomic E-state index is -0.744. The number of hydrogen-bond donors (Lipinski definition) is 1. The molecule has 3 aromatic carbocycles. The Hall–Kier alpha value is -3.86. The molecule has 1 fully saturated rings. The molecule has 5 heteroatoms. The van der Waals surface area contributed by atoms with Crippen LogP contribution in [0.3, 0.4) is 0 Å². The first-order valence-electron chi connectivity index (χ1n) is 13.5. The summed E-state index contributed by atoms with van der Waals surface area (Å²) < 4.78 is 5.50. The van der Waals surface area contributed by atoms with Gasteiger partial charge >= 0.3 is 0 Å². The lowest BCUT2D eigenvalue weighted by Crippen LogP contribution is -2.29. The molecule has 1 atom stereocenters. The average molecular weight is 512 g/mol. The number of methoxy groups -OCH3 is 1. The number of aliphatic hydroxyl groups excluding tert-OH is 1. The highest BCUT2D eigenvalue weighted by Gasteiger charge is 2.47. The number of ether oxygens (including phenoxy) is 1. The number of anilines is 1. The highest BCUT2D eigenvalue weighted by Crippen LogP contribution is 2.43. The zero-order valence-corrected chi connectivity index (χ0v) is 23.0. The van der Waals surface area contributed by atoms with Crippen molar-refractivity contribution in [3.8, 4) is 5.75 Å². The fourth-order valence-electron chi connectivity index (χ4n) is 5.04. The fourth-order valence-corrected chi connectivity index (χ4v) is 5.04. The number of Topliss-reactive ketones (excluding diaryl/α,β-unsaturated/α-hetero) is 1. The van der Waals surface area contributed by atoms with Crippen LogP contribution < -0.4 is 9.64 Å². The molecule has 1 unspecified atom stereocenters. The first-order valence-corrected chi connectivity index (χ1v) is 13.5. The molecule has 1 heterocycles. The van der Waals surface area contributed by atoms with Crippen molar-refractivity contribution in [1.29, 1.82) is 0 Å². The van der Waals surface area contributed by atoms with Crippen molar-refractivity contribution in [2.45, 2.75) is 65.3 Å². The molecule has 1 aliphatic rings. The molecule has 0 spiro atoms. The highest BCUT2D eigenvalue weighted by atomic mass is 16.5. The summed E-state index contributed by atoms with van der Waals surface area (Å²) in [6.45, 7) is 8.32. The number of aliphatic hydroxyl groups is 1. The van der Waals surface area contributed by atoms with Gasteiger partial charge in [-0.3, -0.25) is 14.5 Å². The molecule has 5 nitrogen and oxygen atoms in total. The maximum atomic E-state index is 13.5. The van der Waals surface area contributed by atoms with Crippen LogP contribution in [0.25, 0.3) is 5.76 Å². The van der Waals surface area contributed by atoms with Gasteiger partial charge in [0.1, 0.15) is 11.5 Å². The van der Waals surface area contributed by atoms with Crippen molar-refractivity contribution in [2.24, 2.45) is 0 Å². The van der Waals surface area contributed by atoms with Crippen LogP contribution in [0.15, 0.2) is 72.3 Å². The van der Waals surface area contributed by atoms with Gasteiger partial charge in [0.15, 0.2) is 0 Å². The molecule has 0 saturated carbocycles. The van der Waals surface area contributed by atoms with E-state index in [2.05, 4.69) is 13.8 Å². The van der Waals surface area contributed by atoms with Gasteiger partial charge in [0.2, 0.25) is 0 Å². The second-order valence-electron chi connectivity index (χ2n) is 10.1. The van der Waals surface area contributed by atoms with Crippen LogP contribution in [0.4, 0.5) is 5.69 Å². The van der Waals surface area contributed by atoms with Gasteiger partial charge in [-0.2, -0.15) is 0 Å². The minimum absolute atomic E-state index is 0.0918. The van der Waals surface area contributed by atoms with Crippen LogP contribution in [0, 0.1) is 0 Å². The van der Waals surface area contributed by atoms with Crippen molar-refractivity contribution < 1.29 is 19.4 Å². The molecule has 4 rings (SSSR count). The molecule has 1 N–H and O–H groups in total. The molecule has 0 aromatic heterocycles. The standard InChI is InChI=1S/C33H37NO4/c1-6-8-9-23-12-17-26(18-13-23)34-30(24-14-10-22(7-2)11-15-24)29(32(36)33(34)37)31(35)25-16-19-28(38-5)27(20-25)21(3)4/h10-21,30,35H,6-9H2,1-5H3/b31-29-. The van der Waals surface area contributed by atoms with Crippen LogP contribution in [0.1, 0.15) is 80.3 Å². The maximum Gasteiger partial charge on any atom is 0.300 e. The van der Waals surface area contributed by atoms with E-state index in [1.807, 2.05) is 68.4 Å². The molecule has 0 radical (unpaired) electrons. The summed E-state index contributed by atoms with van der Waals surface area (Å²) in [6, 6.07) is 20.3. The zero-order chi connectivity index (χ0) is 27.4. The maximum absolute atomic E-state index is 13.5. The minimum Gasteiger partial charge on any atom is -0.507 e. The summed E-state index contributed by atoms with van der Waals surface area (Å²) in [5.74, 6) is -0.658. The van der Waals surface area contributed by atoms with E-state index in [0.29, 0.717) is 17.0 Å². The van der Waals surface area contributed by atoms with Crippen LogP contribution in [0.5, 0.6) is 5.75 Å². The van der Waals surface area contributed by atoms with Gasteiger partial charge in [-0.15, -0.1) is 0 Å². The van der Waals surface area contributed by atoms with Gasteiger partial charge < -0.3 is 9.84 Å². The molecule has 1 amide bonds. The predicted octanol–water partition coefficient (Wildman–Crippen LogP) is 7.35. The molecule has 3 aromatic rings. The molecule has 38 heavy (non-hydrogen) atoms. The first kappa shape index (κ1) is 27.2. The number of unbranched alkanes of at least 4 members (excludes halogenated alkanes) is 1. The molecule has 198 valence electrons. The number of amides is 1. The predicted molar refractivity (Wildman–Crippen MR) is 153 cm³/mol. The van der Waals surface area contributed by atoms with E-state index >= 15 is 0 Å². The van der Waals surface area contributed by atoms with E-state index in [-0.39, 0.29) is 17.3 Å². The number of aryl methyl sites for hydroxylation is 2. The summed E-state index contributed by atoms with van der Waals surface area (Å²) in [6.07, 6.45) is 4.04. The Morgan fingerprint density at radius 1 is 0.947 bits per heavy atom. The lowest BCUT2D eigenvalue weighted by atomic mass is 9.92. The molecule has 0 bridgehead atoms. The fraction of sp³-hybridized carbons (Fsp3) is 0.333. The third-order valence-electron chi connectivity index (χ3n) is 7.31. The summed E-state index contributed by atoms with van der Waals surface area (Å²) in [5.41, 5.74) is 5.24. The number of rotatable bonds is 9. The Morgan fingerprint density at radius 2 is 1.61 bits per heavy atom. The Bertz CT molecular complexity index is 1340. The molecule has 1 saturated heterocycles. The SMILES string of the molecule is CCCCc1ccc(N2C(=O)C(=O)/C(=C(\O)c3ccc(OC)c(C(C)C)c3)C2c2ccc(CC)cc2)cc1. The molecule has 0 aliphatic carbocycles. The second kappa shape index (κ2) is 11.7. The van der Waals surface area contributed by atoms with Gasteiger partial charge in [-0.25, -0.2) is 0 Å². The van der Waals surface area contributed by atoms with E-state index in [9.17, 15) is 14.7 Å². The third-order valence-corrected chi connectivity index (χ3v) is 7.31. The summed E-state index contributed by atoms with van der Waals surface area (Å²) in [7, 11) is 1.61. The van der Waals surface area contributed by atoms with Gasteiger partial charge in [0.25, 0.3) is 11.7 Å². The van der Waals surface area contributed by atoms with Crippen LogP contribution in [-0.4, -0.2) is 23.9 Å². The molecule has 1 aliphatic heterocycles. The lowest BCUT2D eigenvalue weighted by molar-refractivity contribution is -0.132. The lowest BCUT2D eigenvalue weighted by Gasteiger charge is -2.26. The van der Waals surface area contributed by atoms with Gasteiger partial charge in [-0.1, -0.05) is 70.5 Å². The van der Waals surface area contributed by atoms with Gasteiger partial charge in [-0.05, 0) is 77.8 Å². The van der Waals surface area contributed by atoms with Crippen LogP contribution in [-0.2, 0) is 22.4 Å². The number of hydrogen-bond acceptors (Lipinski definition) is 4. The van der Waals surface area contributed by atoms with Crippen molar-refractivity contribution in [3.05, 3.63) is 100 Å². The summed E-state index contributed by atoms with van der Waals surface area (Å²) >= 11 is 0. The average Bonchev–Trinajstić information content (AvgIpc) is 3.21. The van der Waals surface area contributed by atoms with E-state index < -0.39 is 17.7 Å². The third kappa shape index (κ3) is 5.24. The topological polar surface area (TPSA) is 66.8 Å². The zero-order valence-electron chi connectivity index (χ0n) is 23.0. The highest BCUT2D eigenvalue weighted by molar-refractivity contribution is 6.51. The van der Waals surface area contributed by atoms with E-state index in [1.54, 1.807) is 19.2 Å². The van der Waals surface area contributed by atoms with E-state index in [1.165, 1.54) is 10.5 Å². The van der Waals surface area contributed by atoms with Crippen molar-refractivity contribution in [3.63, 3.8) is 0 Å². The van der Waals surface area contributed by atoms with Crippen LogP contribution in [0.2, 0.25) is 0 Å². The van der Waals surface area contributed by atoms with Crippen molar-refractivity contribution in [2.75, 3.05) is 12.0 Å². The number of carbonyl (C=O) groups is 2. The largest absolute Gasteiger partial charge is 0.507 e. The summed E-state index contributed by atoms with van der Waals surface area (Å²) in [5, 5.41) is 11.6. The number of ketones is 1. The second-order valence-corrected chi connectivity index (χ2v) is 10.1. The van der Waals surface area contributed by atoms with Crippen molar-refractivity contribution in [1.82, 2.24) is 0 Å². The number of carbonyl (C=O) groups excluding carboxylic acids is 2. The smallest absolute Gasteiger partial charge is 0.300 e. The van der Waals surface area contributed by atoms with E-state index in [4.69, 9.17) is 4.74 Å². The van der Waals surface area contributed by atoms with Crippen LogP contribution >= 0.6 is 0 Å². The Morgan fingerprint density at radius 3 is 2.18 bits per heavy atom. The normalized spacial score (nSPS) is 16.9. The molecular weight excluding hydrogens is 474 g/mol. The number of nitrogens with zero attached hydrogens (tertiary/aromatic N) is 1. The number of benzene rings is 3. The summed E-state index contributed by atoms with van der Waals surface area (Å²) in [4.78, 5) is 28.5. The Labute approximate surface area is 225 Å². The Balaban J connectivity index is 1.87. The van der Waals surface area contributed by atoms with E-state index in [0.717, 1.165) is 42.4 Å². The quantitative estimate of drug-likeness (QED) is 0.185. The first-order chi connectivity index (χ1) is 18.3. The monoisotopic (exact) mass is 511 g/mol.